The topological polar surface area (TPSA) is 35.5 Å². The highest BCUT2D eigenvalue weighted by Crippen LogP contribution is 2.26. The number of benzene rings is 2. The first-order chi connectivity index (χ1) is 17.0. The van der Waals surface area contributed by atoms with E-state index in [0.29, 0.717) is 5.75 Å². The van der Waals surface area contributed by atoms with Gasteiger partial charge in [0.15, 0.2) is 0 Å². The molecule has 35 heavy (non-hydrogen) atoms. The van der Waals surface area contributed by atoms with Crippen molar-refractivity contribution in [3.05, 3.63) is 48.5 Å². The largest absolute Gasteiger partial charge is 0.494 e. The maximum absolute atomic E-state index is 12.2. The Morgan fingerprint density at radius 1 is 0.714 bits per heavy atom. The predicted molar refractivity (Wildman–Crippen MR) is 152 cm³/mol. The summed E-state index contributed by atoms with van der Waals surface area (Å²) in [6.07, 6.45) is 15.7. The van der Waals surface area contributed by atoms with Gasteiger partial charge in [0.05, 0.1) is 6.61 Å². The van der Waals surface area contributed by atoms with Gasteiger partial charge in [-0.25, -0.2) is 0 Å². The van der Waals surface area contributed by atoms with E-state index in [0.717, 1.165) is 36.3 Å². The van der Waals surface area contributed by atoms with Crippen LogP contribution in [0.25, 0.3) is 11.1 Å². The Balaban J connectivity index is 1.63. The van der Waals surface area contributed by atoms with Crippen LogP contribution in [-0.2, 0) is 4.79 Å². The van der Waals surface area contributed by atoms with Crippen molar-refractivity contribution >= 4 is 21.9 Å². The molecule has 0 spiro atoms. The van der Waals surface area contributed by atoms with E-state index in [1.807, 2.05) is 43.3 Å². The fourth-order valence-electron chi connectivity index (χ4n) is 4.03. The number of alkyl halides is 1. The number of rotatable bonds is 18. The van der Waals surface area contributed by atoms with Crippen molar-refractivity contribution in [3.8, 4) is 22.6 Å². The summed E-state index contributed by atoms with van der Waals surface area (Å²) >= 11 is 3.45. The number of hydrogen-bond acceptors (Lipinski definition) is 3. The molecule has 2 atom stereocenters. The summed E-state index contributed by atoms with van der Waals surface area (Å²) in [5, 5.41) is 0. The molecule has 0 aromatic heterocycles. The number of hydrogen-bond donors (Lipinski definition) is 0. The van der Waals surface area contributed by atoms with Gasteiger partial charge in [0.2, 0.25) is 0 Å². The number of carbonyl (C=O) groups excluding carboxylic acids is 1. The van der Waals surface area contributed by atoms with E-state index in [1.54, 1.807) is 0 Å². The molecule has 0 radical (unpaired) electrons. The summed E-state index contributed by atoms with van der Waals surface area (Å²) in [7, 11) is 0. The van der Waals surface area contributed by atoms with Crippen LogP contribution < -0.4 is 9.47 Å². The Morgan fingerprint density at radius 3 is 1.66 bits per heavy atom. The Kier molecular flexibility index (Phi) is 14.8. The van der Waals surface area contributed by atoms with Gasteiger partial charge in [-0.05, 0) is 47.7 Å². The second-order valence-corrected chi connectivity index (χ2v) is 10.6. The zero-order chi connectivity index (χ0) is 25.3. The van der Waals surface area contributed by atoms with E-state index in [4.69, 9.17) is 9.47 Å². The first-order valence-corrected chi connectivity index (χ1v) is 14.7. The Morgan fingerprint density at radius 2 is 1.17 bits per heavy atom. The molecule has 194 valence electrons. The summed E-state index contributed by atoms with van der Waals surface area (Å²) in [6.45, 7) is 7.16. The lowest BCUT2D eigenvalue weighted by Gasteiger charge is -2.15. The summed E-state index contributed by atoms with van der Waals surface area (Å²) in [5.41, 5.74) is 2.20. The van der Waals surface area contributed by atoms with Crippen LogP contribution in [0.15, 0.2) is 48.5 Å². The van der Waals surface area contributed by atoms with Gasteiger partial charge < -0.3 is 9.47 Å². The molecule has 0 saturated heterocycles. The molecule has 0 amide bonds. The quantitative estimate of drug-likeness (QED) is 0.0809. The van der Waals surface area contributed by atoms with E-state index in [1.165, 1.54) is 64.2 Å². The molecule has 2 rings (SSSR count). The van der Waals surface area contributed by atoms with Crippen LogP contribution in [0, 0.1) is 5.92 Å². The molecule has 2 aromatic rings. The molecule has 0 aliphatic carbocycles. The maximum atomic E-state index is 12.2. The van der Waals surface area contributed by atoms with Crippen LogP contribution in [0.1, 0.15) is 97.8 Å². The Bertz CT molecular complexity index is 816. The van der Waals surface area contributed by atoms with Gasteiger partial charge in [-0.15, -0.1) is 0 Å². The van der Waals surface area contributed by atoms with Crippen LogP contribution in [-0.4, -0.2) is 17.4 Å². The minimum Gasteiger partial charge on any atom is -0.494 e. The molecular formula is C31H45BrO3. The lowest BCUT2D eigenvalue weighted by atomic mass is 10.1. The molecule has 0 saturated carbocycles. The van der Waals surface area contributed by atoms with Crippen molar-refractivity contribution in [2.75, 3.05) is 6.61 Å². The molecule has 2 aromatic carbocycles. The van der Waals surface area contributed by atoms with Crippen LogP contribution in [0.2, 0.25) is 0 Å². The zero-order valence-electron chi connectivity index (χ0n) is 22.1. The molecule has 0 heterocycles. The third kappa shape index (κ3) is 11.6. The van der Waals surface area contributed by atoms with Gasteiger partial charge >= 0.3 is 5.97 Å². The van der Waals surface area contributed by atoms with Gasteiger partial charge in [-0.1, -0.05) is 132 Å². The van der Waals surface area contributed by atoms with E-state index < -0.39 is 0 Å². The molecule has 0 aliphatic heterocycles. The van der Waals surface area contributed by atoms with Gasteiger partial charge in [-0.2, -0.15) is 0 Å². The highest BCUT2D eigenvalue weighted by Gasteiger charge is 2.22. The molecule has 3 nitrogen and oxygen atoms in total. The van der Waals surface area contributed by atoms with Crippen molar-refractivity contribution < 1.29 is 14.3 Å². The van der Waals surface area contributed by atoms with Gasteiger partial charge in [0.25, 0.3) is 0 Å². The van der Waals surface area contributed by atoms with E-state index in [9.17, 15) is 4.79 Å². The summed E-state index contributed by atoms with van der Waals surface area (Å²) in [6, 6.07) is 15.9. The third-order valence-corrected chi connectivity index (χ3v) is 7.92. The molecule has 0 aliphatic rings. The van der Waals surface area contributed by atoms with Gasteiger partial charge in [0.1, 0.15) is 16.3 Å². The second kappa shape index (κ2) is 17.6. The first-order valence-electron chi connectivity index (χ1n) is 13.7. The number of halogens is 1. The SMILES string of the molecule is CCCCCCCCCCCCCOc1ccc(-c2ccc(OC(=O)C(Br)C(C)CC)cc2)cc1. The van der Waals surface area contributed by atoms with Crippen molar-refractivity contribution in [1.29, 1.82) is 0 Å². The van der Waals surface area contributed by atoms with Crippen molar-refractivity contribution in [1.82, 2.24) is 0 Å². The minimum absolute atomic E-state index is 0.234. The van der Waals surface area contributed by atoms with Gasteiger partial charge in [0, 0.05) is 0 Å². The zero-order valence-corrected chi connectivity index (χ0v) is 23.7. The number of esters is 1. The first kappa shape index (κ1) is 29.4. The number of unbranched alkanes of at least 4 members (excludes halogenated alkanes) is 10. The Hall–Kier alpha value is -1.81. The third-order valence-electron chi connectivity index (χ3n) is 6.65. The molecular weight excluding hydrogens is 500 g/mol. The molecule has 0 bridgehead atoms. The van der Waals surface area contributed by atoms with Crippen LogP contribution in [0.4, 0.5) is 0 Å². The van der Waals surface area contributed by atoms with E-state index in [-0.39, 0.29) is 16.7 Å². The monoisotopic (exact) mass is 544 g/mol. The fraction of sp³-hybridized carbons (Fsp3) is 0.581. The second-order valence-electron chi connectivity index (χ2n) is 9.64. The molecule has 0 fully saturated rings. The number of carbonyl (C=O) groups is 1. The number of ether oxygens (including phenoxy) is 2. The minimum atomic E-state index is -0.287. The summed E-state index contributed by atoms with van der Waals surface area (Å²) in [5.74, 6) is 1.47. The van der Waals surface area contributed by atoms with Crippen LogP contribution in [0.5, 0.6) is 11.5 Å². The normalized spacial score (nSPS) is 12.8. The van der Waals surface area contributed by atoms with E-state index in [2.05, 4.69) is 41.9 Å². The lowest BCUT2D eigenvalue weighted by molar-refractivity contribution is -0.134. The van der Waals surface area contributed by atoms with Crippen molar-refractivity contribution in [2.24, 2.45) is 5.92 Å². The van der Waals surface area contributed by atoms with Crippen molar-refractivity contribution in [3.63, 3.8) is 0 Å². The average Bonchev–Trinajstić information content (AvgIpc) is 2.89. The summed E-state index contributed by atoms with van der Waals surface area (Å²) in [4.78, 5) is 12.0. The van der Waals surface area contributed by atoms with Crippen LogP contribution >= 0.6 is 15.9 Å². The molecule has 0 N–H and O–H groups in total. The smallest absolute Gasteiger partial charge is 0.325 e. The van der Waals surface area contributed by atoms with Crippen molar-refractivity contribution in [2.45, 2.75) is 103 Å². The molecule has 2 unspecified atom stereocenters. The standard InChI is InChI=1S/C31H45BrO3/c1-4-6-7-8-9-10-11-12-13-14-15-24-34-28-20-16-26(17-21-28)27-18-22-29(23-19-27)35-31(33)30(32)25(3)5-2/h16-23,25,30H,4-15,24H2,1-3H3. The highest BCUT2D eigenvalue weighted by molar-refractivity contribution is 9.10. The average molecular weight is 546 g/mol. The molecule has 4 heteroatoms. The van der Waals surface area contributed by atoms with E-state index >= 15 is 0 Å². The Labute approximate surface area is 222 Å². The summed E-state index contributed by atoms with van der Waals surface area (Å²) < 4.78 is 11.4. The fourth-order valence-corrected chi connectivity index (χ4v) is 4.49. The van der Waals surface area contributed by atoms with Gasteiger partial charge in [-0.3, -0.25) is 4.79 Å². The van der Waals surface area contributed by atoms with Crippen LogP contribution in [0.3, 0.4) is 0 Å². The lowest BCUT2D eigenvalue weighted by Crippen LogP contribution is -2.26. The highest BCUT2D eigenvalue weighted by atomic mass is 79.9. The predicted octanol–water partition coefficient (Wildman–Crippen LogP) is 9.76. The maximum Gasteiger partial charge on any atom is 0.325 e.